The molecule has 1 saturated heterocycles. The Morgan fingerprint density at radius 3 is 2.67 bits per heavy atom. The summed E-state index contributed by atoms with van der Waals surface area (Å²) in [5, 5.41) is 13.2. The van der Waals surface area contributed by atoms with Crippen LogP contribution in [0.15, 0.2) is 36.7 Å². The Bertz CT molecular complexity index is 693. The zero-order valence-corrected chi connectivity index (χ0v) is 13.9. The number of nitrogens with zero attached hydrogens (tertiary/aromatic N) is 3. The molecule has 126 valence electrons. The van der Waals surface area contributed by atoms with Gasteiger partial charge in [-0.25, -0.2) is 9.97 Å². The van der Waals surface area contributed by atoms with E-state index in [1.807, 2.05) is 12.1 Å². The van der Waals surface area contributed by atoms with E-state index in [2.05, 4.69) is 32.3 Å². The third-order valence-corrected chi connectivity index (χ3v) is 4.94. The number of aromatic nitrogens is 2. The number of phenolic OH excluding ortho intramolecular Hbond substituents is 1. The normalized spacial score (nSPS) is 19.3. The van der Waals surface area contributed by atoms with E-state index in [0.29, 0.717) is 17.7 Å². The molecular formula is C19H24N4O. The predicted octanol–water partition coefficient (Wildman–Crippen LogP) is 3.14. The molecule has 0 bridgehead atoms. The molecule has 5 heteroatoms. The molecule has 1 aliphatic carbocycles. The smallest absolute Gasteiger partial charge is 0.129 e. The first-order valence-electron chi connectivity index (χ1n) is 8.85. The van der Waals surface area contributed by atoms with E-state index in [0.717, 1.165) is 38.3 Å². The average molecular weight is 324 g/mol. The van der Waals surface area contributed by atoms with Crippen LogP contribution in [0.3, 0.4) is 0 Å². The number of aromatic hydroxyl groups is 1. The van der Waals surface area contributed by atoms with Crippen molar-refractivity contribution in [1.29, 1.82) is 0 Å². The van der Waals surface area contributed by atoms with Gasteiger partial charge in [-0.2, -0.15) is 0 Å². The Labute approximate surface area is 142 Å². The van der Waals surface area contributed by atoms with Gasteiger partial charge in [-0.15, -0.1) is 0 Å². The van der Waals surface area contributed by atoms with Gasteiger partial charge in [-0.3, -0.25) is 4.90 Å². The van der Waals surface area contributed by atoms with Crippen molar-refractivity contribution in [3.63, 3.8) is 0 Å². The minimum atomic E-state index is 0.347. The van der Waals surface area contributed by atoms with E-state index in [1.54, 1.807) is 12.4 Å². The van der Waals surface area contributed by atoms with Crippen LogP contribution in [-0.2, 0) is 6.54 Å². The van der Waals surface area contributed by atoms with Gasteiger partial charge < -0.3 is 10.4 Å². The van der Waals surface area contributed by atoms with Crippen LogP contribution in [0.25, 0.3) is 0 Å². The summed E-state index contributed by atoms with van der Waals surface area (Å²) >= 11 is 0. The second-order valence-corrected chi connectivity index (χ2v) is 6.97. The highest BCUT2D eigenvalue weighted by Gasteiger charge is 2.26. The number of anilines is 1. The van der Waals surface area contributed by atoms with Gasteiger partial charge in [0.25, 0.3) is 0 Å². The standard InChI is InChI=1S/C19H24N4O/c24-17-3-1-2-14(10-17)12-23-8-6-16(7-9-23)22-19-11-18(15-4-5-15)20-13-21-19/h1-3,10-11,13,15-16,24H,4-9,12H2,(H,20,21,22). The number of nitrogens with one attached hydrogen (secondary N) is 1. The molecule has 0 spiro atoms. The van der Waals surface area contributed by atoms with Gasteiger partial charge in [0, 0.05) is 43.4 Å². The zero-order valence-electron chi connectivity index (χ0n) is 13.9. The van der Waals surface area contributed by atoms with Crippen molar-refractivity contribution in [3.8, 4) is 5.75 Å². The summed E-state index contributed by atoms with van der Waals surface area (Å²) in [5.74, 6) is 1.98. The molecular weight excluding hydrogens is 300 g/mol. The summed E-state index contributed by atoms with van der Waals surface area (Å²) < 4.78 is 0. The second-order valence-electron chi connectivity index (χ2n) is 6.97. The first-order chi connectivity index (χ1) is 11.8. The molecule has 2 aliphatic rings. The van der Waals surface area contributed by atoms with E-state index in [4.69, 9.17) is 0 Å². The van der Waals surface area contributed by atoms with Crippen molar-refractivity contribution in [3.05, 3.63) is 47.9 Å². The minimum absolute atomic E-state index is 0.347. The number of piperidine rings is 1. The molecule has 1 aromatic heterocycles. The number of hydrogen-bond acceptors (Lipinski definition) is 5. The number of likely N-dealkylation sites (tertiary alicyclic amines) is 1. The summed E-state index contributed by atoms with van der Waals surface area (Å²) in [4.78, 5) is 11.2. The van der Waals surface area contributed by atoms with Gasteiger partial charge in [0.1, 0.15) is 17.9 Å². The van der Waals surface area contributed by atoms with Gasteiger partial charge in [-0.05, 0) is 43.4 Å². The maximum atomic E-state index is 9.57. The van der Waals surface area contributed by atoms with E-state index >= 15 is 0 Å². The van der Waals surface area contributed by atoms with Crippen LogP contribution in [0.5, 0.6) is 5.75 Å². The van der Waals surface area contributed by atoms with Crippen LogP contribution in [0.2, 0.25) is 0 Å². The van der Waals surface area contributed by atoms with Crippen LogP contribution in [0, 0.1) is 0 Å². The fraction of sp³-hybridized carbons (Fsp3) is 0.474. The van der Waals surface area contributed by atoms with Crippen molar-refractivity contribution in [1.82, 2.24) is 14.9 Å². The third kappa shape index (κ3) is 3.85. The van der Waals surface area contributed by atoms with Crippen molar-refractivity contribution >= 4 is 5.82 Å². The molecule has 2 fully saturated rings. The van der Waals surface area contributed by atoms with Crippen LogP contribution >= 0.6 is 0 Å². The number of benzene rings is 1. The van der Waals surface area contributed by atoms with Crippen LogP contribution in [0.4, 0.5) is 5.82 Å². The Hall–Kier alpha value is -2.14. The van der Waals surface area contributed by atoms with Gasteiger partial charge in [-0.1, -0.05) is 12.1 Å². The van der Waals surface area contributed by atoms with Crippen LogP contribution in [0.1, 0.15) is 42.9 Å². The second kappa shape index (κ2) is 6.77. The number of phenols is 1. The van der Waals surface area contributed by atoms with E-state index < -0.39 is 0 Å². The lowest BCUT2D eigenvalue weighted by Crippen LogP contribution is -2.38. The first kappa shape index (κ1) is 15.4. The fourth-order valence-electron chi connectivity index (χ4n) is 3.41. The molecule has 24 heavy (non-hydrogen) atoms. The summed E-state index contributed by atoms with van der Waals surface area (Å²) in [6.07, 6.45) is 6.45. The van der Waals surface area contributed by atoms with E-state index in [1.165, 1.54) is 24.1 Å². The highest BCUT2D eigenvalue weighted by atomic mass is 16.3. The van der Waals surface area contributed by atoms with E-state index in [9.17, 15) is 5.11 Å². The Morgan fingerprint density at radius 2 is 1.92 bits per heavy atom. The van der Waals surface area contributed by atoms with Crippen molar-refractivity contribution in [2.75, 3.05) is 18.4 Å². The zero-order chi connectivity index (χ0) is 16.4. The lowest BCUT2D eigenvalue weighted by atomic mass is 10.0. The summed E-state index contributed by atoms with van der Waals surface area (Å²) in [6.45, 7) is 3.03. The number of hydrogen-bond donors (Lipinski definition) is 2. The maximum absolute atomic E-state index is 9.57. The van der Waals surface area contributed by atoms with Crippen molar-refractivity contribution in [2.24, 2.45) is 0 Å². The maximum Gasteiger partial charge on any atom is 0.129 e. The van der Waals surface area contributed by atoms with Gasteiger partial charge >= 0.3 is 0 Å². The molecule has 2 N–H and O–H groups in total. The summed E-state index contributed by atoms with van der Waals surface area (Å²) in [6, 6.07) is 10.2. The molecule has 2 heterocycles. The third-order valence-electron chi connectivity index (χ3n) is 4.94. The van der Waals surface area contributed by atoms with E-state index in [-0.39, 0.29) is 0 Å². The largest absolute Gasteiger partial charge is 0.508 e. The topological polar surface area (TPSA) is 61.3 Å². The molecule has 1 aliphatic heterocycles. The quantitative estimate of drug-likeness (QED) is 0.885. The first-order valence-corrected chi connectivity index (χ1v) is 8.85. The molecule has 2 aromatic rings. The SMILES string of the molecule is Oc1cccc(CN2CCC(Nc3cc(C4CC4)ncn3)CC2)c1. The van der Waals surface area contributed by atoms with Crippen molar-refractivity contribution in [2.45, 2.75) is 44.2 Å². The molecule has 4 rings (SSSR count). The highest BCUT2D eigenvalue weighted by Crippen LogP contribution is 2.39. The molecule has 0 unspecified atom stereocenters. The van der Waals surface area contributed by atoms with Crippen molar-refractivity contribution < 1.29 is 5.11 Å². The monoisotopic (exact) mass is 324 g/mol. The lowest BCUT2D eigenvalue weighted by molar-refractivity contribution is 0.211. The van der Waals surface area contributed by atoms with Gasteiger partial charge in [0.05, 0.1) is 0 Å². The van der Waals surface area contributed by atoms with Gasteiger partial charge in [0.15, 0.2) is 0 Å². The Morgan fingerprint density at radius 1 is 1.08 bits per heavy atom. The Balaban J connectivity index is 1.29. The van der Waals surface area contributed by atoms with Crippen LogP contribution in [-0.4, -0.2) is 39.1 Å². The molecule has 5 nitrogen and oxygen atoms in total. The molecule has 1 saturated carbocycles. The fourth-order valence-corrected chi connectivity index (χ4v) is 3.41. The van der Waals surface area contributed by atoms with Crippen LogP contribution < -0.4 is 5.32 Å². The predicted molar refractivity (Wildman–Crippen MR) is 94.0 cm³/mol. The molecule has 0 radical (unpaired) electrons. The summed E-state index contributed by atoms with van der Waals surface area (Å²) in [7, 11) is 0. The average Bonchev–Trinajstić information content (AvgIpc) is 3.42. The number of rotatable bonds is 5. The van der Waals surface area contributed by atoms with Gasteiger partial charge in [0.2, 0.25) is 0 Å². The minimum Gasteiger partial charge on any atom is -0.508 e. The Kier molecular flexibility index (Phi) is 4.34. The molecule has 1 aromatic carbocycles. The lowest BCUT2D eigenvalue weighted by Gasteiger charge is -2.32. The highest BCUT2D eigenvalue weighted by molar-refractivity contribution is 5.38. The molecule has 0 atom stereocenters. The summed E-state index contributed by atoms with van der Waals surface area (Å²) in [5.41, 5.74) is 2.36. The molecule has 0 amide bonds.